The third-order valence-electron chi connectivity index (χ3n) is 4.45. The van der Waals surface area contributed by atoms with E-state index in [1.165, 1.54) is 24.1 Å². The van der Waals surface area contributed by atoms with E-state index in [4.69, 9.17) is 5.73 Å². The first kappa shape index (κ1) is 15.5. The Hall–Kier alpha value is -0.910. The van der Waals surface area contributed by atoms with Crippen LogP contribution in [0.5, 0.6) is 0 Å². The lowest BCUT2D eigenvalue weighted by atomic mass is 9.98. The molecule has 1 fully saturated rings. The number of hydrogen-bond donors (Lipinski definition) is 1. The van der Waals surface area contributed by atoms with E-state index in [0.29, 0.717) is 18.6 Å². The normalized spacial score (nSPS) is 22.4. The Morgan fingerprint density at radius 2 is 2.25 bits per heavy atom. The molecule has 2 heterocycles. The molecule has 1 aliphatic heterocycles. The smallest absolute Gasteiger partial charge is 0.0670 e. The highest BCUT2D eigenvalue weighted by atomic mass is 15.3. The fourth-order valence-corrected chi connectivity index (χ4v) is 3.27. The van der Waals surface area contributed by atoms with Crippen molar-refractivity contribution in [3.8, 4) is 0 Å². The van der Waals surface area contributed by atoms with Gasteiger partial charge in [0.25, 0.3) is 0 Å². The Kier molecular flexibility index (Phi) is 5.18. The Morgan fingerprint density at radius 1 is 1.50 bits per heavy atom. The number of piperidine rings is 1. The lowest BCUT2D eigenvalue weighted by Crippen LogP contribution is -2.48. The molecule has 2 rings (SSSR count). The van der Waals surface area contributed by atoms with Gasteiger partial charge in [-0.1, -0.05) is 6.92 Å². The molecule has 0 bridgehead atoms. The molecule has 2 atom stereocenters. The topological polar surface area (TPSA) is 50.3 Å². The first-order valence-corrected chi connectivity index (χ1v) is 7.69. The minimum absolute atomic E-state index is 0.307. The standard InChI is InChI=1S/C15H29N5/c1-5-14-13(11-19(4)17-14)15(9-16)20-8-6-7-12(10-20)18(2)3/h11-12,15H,5-10,16H2,1-4H3. The molecule has 0 spiro atoms. The molecule has 1 aromatic rings. The minimum Gasteiger partial charge on any atom is -0.329 e. The average molecular weight is 279 g/mol. The zero-order chi connectivity index (χ0) is 14.7. The Labute approximate surface area is 122 Å². The SMILES string of the molecule is CCc1nn(C)cc1C(CN)N1CCCC(N(C)C)C1. The zero-order valence-corrected chi connectivity index (χ0v) is 13.3. The van der Waals surface area contributed by atoms with E-state index in [9.17, 15) is 0 Å². The zero-order valence-electron chi connectivity index (χ0n) is 13.3. The lowest BCUT2D eigenvalue weighted by Gasteiger charge is -2.40. The van der Waals surface area contributed by atoms with Gasteiger partial charge in [0.1, 0.15) is 0 Å². The van der Waals surface area contributed by atoms with E-state index < -0.39 is 0 Å². The molecule has 20 heavy (non-hydrogen) atoms. The second-order valence-electron chi connectivity index (χ2n) is 6.06. The lowest BCUT2D eigenvalue weighted by molar-refractivity contribution is 0.0981. The van der Waals surface area contributed by atoms with Gasteiger partial charge in [-0.15, -0.1) is 0 Å². The maximum atomic E-state index is 6.10. The van der Waals surface area contributed by atoms with Crippen molar-refractivity contribution in [2.45, 2.75) is 38.3 Å². The maximum Gasteiger partial charge on any atom is 0.0670 e. The number of aryl methyl sites for hydroxylation is 2. The van der Waals surface area contributed by atoms with Crippen LogP contribution in [-0.2, 0) is 13.5 Å². The summed E-state index contributed by atoms with van der Waals surface area (Å²) in [6.45, 7) is 5.08. The van der Waals surface area contributed by atoms with Gasteiger partial charge >= 0.3 is 0 Å². The summed E-state index contributed by atoms with van der Waals surface area (Å²) in [5.41, 5.74) is 8.60. The van der Waals surface area contributed by atoms with Crippen LogP contribution in [0, 0.1) is 0 Å². The number of nitrogens with two attached hydrogens (primary N) is 1. The van der Waals surface area contributed by atoms with Gasteiger partial charge in [-0.3, -0.25) is 9.58 Å². The van der Waals surface area contributed by atoms with E-state index in [-0.39, 0.29) is 0 Å². The van der Waals surface area contributed by atoms with E-state index in [1.54, 1.807) is 0 Å². The summed E-state index contributed by atoms with van der Waals surface area (Å²) in [5, 5.41) is 4.57. The first-order valence-electron chi connectivity index (χ1n) is 7.69. The summed E-state index contributed by atoms with van der Waals surface area (Å²) >= 11 is 0. The van der Waals surface area contributed by atoms with Crippen LogP contribution in [0.1, 0.15) is 37.1 Å². The molecule has 0 saturated carbocycles. The highest BCUT2D eigenvalue weighted by Crippen LogP contribution is 2.27. The molecule has 0 amide bonds. The third-order valence-corrected chi connectivity index (χ3v) is 4.45. The van der Waals surface area contributed by atoms with Gasteiger partial charge in [-0.25, -0.2) is 0 Å². The van der Waals surface area contributed by atoms with E-state index >= 15 is 0 Å². The number of nitrogens with zero attached hydrogens (tertiary/aromatic N) is 4. The van der Waals surface area contributed by atoms with Crippen molar-refractivity contribution in [1.29, 1.82) is 0 Å². The van der Waals surface area contributed by atoms with Crippen LogP contribution >= 0.6 is 0 Å². The molecule has 114 valence electrons. The monoisotopic (exact) mass is 279 g/mol. The Balaban J connectivity index is 2.18. The van der Waals surface area contributed by atoms with Crippen LogP contribution in [0.25, 0.3) is 0 Å². The van der Waals surface area contributed by atoms with Crippen LogP contribution in [0.4, 0.5) is 0 Å². The van der Waals surface area contributed by atoms with E-state index in [1.807, 2.05) is 11.7 Å². The number of hydrogen-bond acceptors (Lipinski definition) is 4. The molecule has 5 nitrogen and oxygen atoms in total. The summed E-state index contributed by atoms with van der Waals surface area (Å²) in [7, 11) is 6.34. The van der Waals surface area contributed by atoms with Crippen LogP contribution in [0.3, 0.4) is 0 Å². The summed E-state index contributed by atoms with van der Waals surface area (Å²) in [6.07, 6.45) is 5.66. The average Bonchev–Trinajstić information content (AvgIpc) is 2.81. The van der Waals surface area contributed by atoms with Crippen molar-refractivity contribution < 1.29 is 0 Å². The largest absolute Gasteiger partial charge is 0.329 e. The van der Waals surface area contributed by atoms with Gasteiger partial charge in [0, 0.05) is 37.9 Å². The summed E-state index contributed by atoms with van der Waals surface area (Å²) in [6, 6.07) is 0.945. The Bertz CT molecular complexity index is 426. The Morgan fingerprint density at radius 3 is 2.85 bits per heavy atom. The van der Waals surface area contributed by atoms with Gasteiger partial charge in [0.05, 0.1) is 11.7 Å². The minimum atomic E-state index is 0.307. The number of likely N-dealkylation sites (tertiary alicyclic amines) is 1. The van der Waals surface area contributed by atoms with Crippen molar-refractivity contribution in [2.24, 2.45) is 12.8 Å². The number of likely N-dealkylation sites (N-methyl/N-ethyl adjacent to an activating group) is 1. The predicted octanol–water partition coefficient (Wildman–Crippen LogP) is 1.01. The van der Waals surface area contributed by atoms with Crippen molar-refractivity contribution in [1.82, 2.24) is 19.6 Å². The summed E-state index contributed by atoms with van der Waals surface area (Å²) < 4.78 is 1.92. The fourth-order valence-electron chi connectivity index (χ4n) is 3.27. The van der Waals surface area contributed by atoms with Gasteiger partial charge in [-0.05, 0) is 39.9 Å². The predicted molar refractivity (Wildman–Crippen MR) is 82.7 cm³/mol. The van der Waals surface area contributed by atoms with Crippen molar-refractivity contribution in [2.75, 3.05) is 33.7 Å². The molecule has 1 aromatic heterocycles. The molecular formula is C15H29N5. The number of aromatic nitrogens is 2. The molecule has 1 saturated heterocycles. The second-order valence-corrected chi connectivity index (χ2v) is 6.06. The molecule has 0 aliphatic carbocycles. The molecule has 1 aliphatic rings. The molecule has 2 N–H and O–H groups in total. The molecule has 0 radical (unpaired) electrons. The van der Waals surface area contributed by atoms with Crippen LogP contribution in [0.15, 0.2) is 6.20 Å². The maximum absolute atomic E-state index is 6.10. The quantitative estimate of drug-likeness (QED) is 0.874. The van der Waals surface area contributed by atoms with Crippen LogP contribution < -0.4 is 5.73 Å². The van der Waals surface area contributed by atoms with Crippen molar-refractivity contribution in [3.05, 3.63) is 17.5 Å². The summed E-state index contributed by atoms with van der Waals surface area (Å²) in [5.74, 6) is 0. The molecular weight excluding hydrogens is 250 g/mol. The highest BCUT2D eigenvalue weighted by molar-refractivity contribution is 5.22. The number of rotatable bonds is 5. The van der Waals surface area contributed by atoms with E-state index in [2.05, 4.69) is 42.1 Å². The third kappa shape index (κ3) is 3.22. The molecule has 2 unspecified atom stereocenters. The van der Waals surface area contributed by atoms with Gasteiger partial charge in [0.15, 0.2) is 0 Å². The first-order chi connectivity index (χ1) is 9.56. The van der Waals surface area contributed by atoms with Crippen LogP contribution in [-0.4, -0.2) is 59.4 Å². The van der Waals surface area contributed by atoms with Crippen molar-refractivity contribution >= 4 is 0 Å². The van der Waals surface area contributed by atoms with Gasteiger partial charge < -0.3 is 10.6 Å². The summed E-state index contributed by atoms with van der Waals surface area (Å²) in [4.78, 5) is 4.88. The second kappa shape index (κ2) is 6.70. The van der Waals surface area contributed by atoms with Gasteiger partial charge in [-0.2, -0.15) is 5.10 Å². The molecule has 0 aromatic carbocycles. The van der Waals surface area contributed by atoms with Crippen LogP contribution in [0.2, 0.25) is 0 Å². The van der Waals surface area contributed by atoms with Gasteiger partial charge in [0.2, 0.25) is 0 Å². The fraction of sp³-hybridized carbons (Fsp3) is 0.800. The van der Waals surface area contributed by atoms with E-state index in [0.717, 1.165) is 19.5 Å². The molecule has 5 heteroatoms. The highest BCUT2D eigenvalue weighted by Gasteiger charge is 2.29. The van der Waals surface area contributed by atoms with Crippen molar-refractivity contribution in [3.63, 3.8) is 0 Å².